The van der Waals surface area contributed by atoms with Gasteiger partial charge in [-0.2, -0.15) is 0 Å². The molecule has 0 bridgehead atoms. The molecule has 4 nitrogen and oxygen atoms in total. The largest absolute Gasteiger partial charge is 0.327 e. The second-order valence-corrected chi connectivity index (χ2v) is 4.45. The van der Waals surface area contributed by atoms with Crippen molar-refractivity contribution >= 4 is 7.60 Å². The minimum atomic E-state index is -3.90. The lowest BCUT2D eigenvalue weighted by Crippen LogP contribution is -2.30. The Morgan fingerprint density at radius 1 is 1.50 bits per heavy atom. The number of hydrogen-bond acceptors (Lipinski definition) is 2. The lowest BCUT2D eigenvalue weighted by atomic mass is 10.1. The van der Waals surface area contributed by atoms with Crippen LogP contribution in [0.25, 0.3) is 0 Å². The van der Waals surface area contributed by atoms with E-state index in [9.17, 15) is 4.57 Å². The van der Waals surface area contributed by atoms with Crippen LogP contribution < -0.4 is 5.73 Å². The van der Waals surface area contributed by atoms with Gasteiger partial charge in [-0.1, -0.05) is 13.8 Å². The molecule has 10 heavy (non-hydrogen) atoms. The van der Waals surface area contributed by atoms with Crippen molar-refractivity contribution in [2.45, 2.75) is 19.9 Å². The minimum Gasteiger partial charge on any atom is -0.327 e. The summed E-state index contributed by atoms with van der Waals surface area (Å²) in [6.07, 6.45) is -0.218. The zero-order valence-corrected chi connectivity index (χ0v) is 7.08. The molecule has 0 saturated carbocycles. The van der Waals surface area contributed by atoms with Crippen LogP contribution in [0, 0.1) is 5.92 Å². The Hall–Kier alpha value is 0.110. The fourth-order valence-corrected chi connectivity index (χ4v) is 1.46. The molecule has 0 fully saturated rings. The first kappa shape index (κ1) is 10.1. The van der Waals surface area contributed by atoms with Gasteiger partial charge in [0, 0.05) is 6.04 Å². The van der Waals surface area contributed by atoms with Gasteiger partial charge in [-0.25, -0.2) is 0 Å². The van der Waals surface area contributed by atoms with Crippen molar-refractivity contribution in [3.63, 3.8) is 0 Å². The second kappa shape index (κ2) is 3.49. The topological polar surface area (TPSA) is 83.6 Å². The van der Waals surface area contributed by atoms with Crippen LogP contribution in [-0.2, 0) is 4.57 Å². The van der Waals surface area contributed by atoms with Crippen LogP contribution in [-0.4, -0.2) is 22.0 Å². The quantitative estimate of drug-likeness (QED) is 0.522. The van der Waals surface area contributed by atoms with Crippen LogP contribution >= 0.6 is 7.60 Å². The maximum atomic E-state index is 10.4. The van der Waals surface area contributed by atoms with E-state index in [1.807, 2.05) is 13.8 Å². The normalized spacial score (nSPS) is 15.8. The Bertz CT molecular complexity index is 142. The molecule has 62 valence electrons. The summed E-state index contributed by atoms with van der Waals surface area (Å²) in [4.78, 5) is 16.9. The zero-order chi connectivity index (χ0) is 8.36. The van der Waals surface area contributed by atoms with E-state index in [1.165, 1.54) is 0 Å². The van der Waals surface area contributed by atoms with Gasteiger partial charge in [0.25, 0.3) is 0 Å². The molecule has 0 aromatic carbocycles. The SMILES string of the molecule is CC(C)[C@@H](N)CP(=O)(O)O. The third-order valence-electron chi connectivity index (χ3n) is 1.30. The van der Waals surface area contributed by atoms with Crippen molar-refractivity contribution in [3.05, 3.63) is 0 Å². The predicted octanol–water partition coefficient (Wildman–Crippen LogP) is 0.147. The van der Waals surface area contributed by atoms with Crippen molar-refractivity contribution in [1.82, 2.24) is 0 Å². The monoisotopic (exact) mass is 167 g/mol. The van der Waals surface area contributed by atoms with Gasteiger partial charge in [0.1, 0.15) is 0 Å². The maximum absolute atomic E-state index is 10.4. The Balaban J connectivity index is 3.80. The van der Waals surface area contributed by atoms with Crippen LogP contribution in [0.4, 0.5) is 0 Å². The van der Waals surface area contributed by atoms with Gasteiger partial charge in [0.2, 0.25) is 0 Å². The number of hydrogen-bond donors (Lipinski definition) is 3. The van der Waals surface area contributed by atoms with Crippen molar-refractivity contribution < 1.29 is 14.4 Å². The molecule has 0 spiro atoms. The van der Waals surface area contributed by atoms with Gasteiger partial charge in [-0.05, 0) is 5.92 Å². The standard InChI is InChI=1S/C5H14NO3P/c1-4(2)5(6)3-10(7,8)9/h4-5H,3,6H2,1-2H3,(H2,7,8,9)/t5-/m0/s1. The highest BCUT2D eigenvalue weighted by Gasteiger charge is 2.20. The van der Waals surface area contributed by atoms with Gasteiger partial charge in [-0.3, -0.25) is 4.57 Å². The molecule has 0 aromatic rings. The van der Waals surface area contributed by atoms with E-state index in [-0.39, 0.29) is 12.1 Å². The summed E-state index contributed by atoms with van der Waals surface area (Å²) in [5, 5.41) is 0. The van der Waals surface area contributed by atoms with Crippen LogP contribution in [0.15, 0.2) is 0 Å². The van der Waals surface area contributed by atoms with Gasteiger partial charge in [0.15, 0.2) is 0 Å². The average molecular weight is 167 g/mol. The number of rotatable bonds is 3. The third-order valence-corrected chi connectivity index (χ3v) is 2.20. The maximum Gasteiger partial charge on any atom is 0.327 e. The summed E-state index contributed by atoms with van der Waals surface area (Å²) in [6.45, 7) is 3.67. The smallest absolute Gasteiger partial charge is 0.327 e. The minimum absolute atomic E-state index is 0.118. The zero-order valence-electron chi connectivity index (χ0n) is 6.19. The highest BCUT2D eigenvalue weighted by Crippen LogP contribution is 2.35. The Kier molecular flexibility index (Phi) is 3.52. The second-order valence-electron chi connectivity index (χ2n) is 2.76. The molecule has 0 radical (unpaired) electrons. The fourth-order valence-electron chi connectivity index (χ4n) is 0.485. The summed E-state index contributed by atoms with van der Waals surface area (Å²) in [7, 11) is -3.90. The third kappa shape index (κ3) is 4.94. The first-order chi connectivity index (χ1) is 4.33. The molecule has 0 rings (SSSR count). The highest BCUT2D eigenvalue weighted by molar-refractivity contribution is 7.51. The summed E-state index contributed by atoms with van der Waals surface area (Å²) in [6, 6.07) is -0.402. The van der Waals surface area contributed by atoms with Crippen LogP contribution in [0.5, 0.6) is 0 Å². The van der Waals surface area contributed by atoms with Gasteiger partial charge in [0.05, 0.1) is 6.16 Å². The lowest BCUT2D eigenvalue weighted by molar-refractivity contribution is 0.361. The Morgan fingerprint density at radius 2 is 1.90 bits per heavy atom. The fraction of sp³-hybridized carbons (Fsp3) is 1.00. The van der Waals surface area contributed by atoms with E-state index in [0.717, 1.165) is 0 Å². The summed E-state index contributed by atoms with van der Waals surface area (Å²) < 4.78 is 10.4. The van der Waals surface area contributed by atoms with Crippen molar-refractivity contribution in [3.8, 4) is 0 Å². The summed E-state index contributed by atoms with van der Waals surface area (Å²) in [5.41, 5.74) is 5.41. The summed E-state index contributed by atoms with van der Waals surface area (Å²) in [5.74, 6) is 0.118. The molecule has 0 unspecified atom stereocenters. The molecule has 4 N–H and O–H groups in total. The summed E-state index contributed by atoms with van der Waals surface area (Å²) >= 11 is 0. The van der Waals surface area contributed by atoms with Gasteiger partial charge < -0.3 is 15.5 Å². The molecule has 1 atom stereocenters. The number of nitrogens with two attached hydrogens (primary N) is 1. The van der Waals surface area contributed by atoms with E-state index in [2.05, 4.69) is 0 Å². The van der Waals surface area contributed by atoms with Crippen molar-refractivity contribution in [1.29, 1.82) is 0 Å². The van der Waals surface area contributed by atoms with Crippen LogP contribution in [0.3, 0.4) is 0 Å². The molecule has 0 saturated heterocycles. The first-order valence-electron chi connectivity index (χ1n) is 3.13. The lowest BCUT2D eigenvalue weighted by Gasteiger charge is -2.15. The highest BCUT2D eigenvalue weighted by atomic mass is 31.2. The Labute approximate surface area is 60.6 Å². The molecule has 0 aliphatic carbocycles. The van der Waals surface area contributed by atoms with Gasteiger partial charge >= 0.3 is 7.60 Å². The Morgan fingerprint density at radius 3 is 2.00 bits per heavy atom. The molecule has 0 heterocycles. The van der Waals surface area contributed by atoms with Crippen molar-refractivity contribution in [2.24, 2.45) is 11.7 Å². The van der Waals surface area contributed by atoms with E-state index in [4.69, 9.17) is 15.5 Å². The average Bonchev–Trinajstić information content (AvgIpc) is 1.60. The molecule has 0 aromatic heterocycles. The van der Waals surface area contributed by atoms with E-state index < -0.39 is 13.6 Å². The van der Waals surface area contributed by atoms with Crippen LogP contribution in [0.1, 0.15) is 13.8 Å². The van der Waals surface area contributed by atoms with Crippen LogP contribution in [0.2, 0.25) is 0 Å². The van der Waals surface area contributed by atoms with Gasteiger partial charge in [-0.15, -0.1) is 0 Å². The molecule has 0 aliphatic rings. The van der Waals surface area contributed by atoms with Crippen molar-refractivity contribution in [2.75, 3.05) is 6.16 Å². The predicted molar refractivity (Wildman–Crippen MR) is 39.7 cm³/mol. The molecular formula is C5H14NO3P. The molecule has 5 heteroatoms. The molecule has 0 aliphatic heterocycles. The van der Waals surface area contributed by atoms with E-state index in [0.29, 0.717) is 0 Å². The molecule has 0 amide bonds. The van der Waals surface area contributed by atoms with E-state index >= 15 is 0 Å². The van der Waals surface area contributed by atoms with E-state index in [1.54, 1.807) is 0 Å². The molecular weight excluding hydrogens is 153 g/mol. The first-order valence-corrected chi connectivity index (χ1v) is 4.93.